The number of urea groups is 1. The van der Waals surface area contributed by atoms with Crippen LogP contribution in [-0.2, 0) is 11.3 Å². The smallest absolute Gasteiger partial charge is 0.317 e. The van der Waals surface area contributed by atoms with Gasteiger partial charge in [0.2, 0.25) is 5.91 Å². The van der Waals surface area contributed by atoms with Crippen molar-refractivity contribution in [3.05, 3.63) is 66.0 Å². The van der Waals surface area contributed by atoms with E-state index in [1.165, 1.54) is 17.7 Å². The molecule has 2 fully saturated rings. The summed E-state index contributed by atoms with van der Waals surface area (Å²) in [5.41, 5.74) is 1.20. The molecule has 3 amide bonds. The Bertz CT molecular complexity index is 942. The highest BCUT2D eigenvalue weighted by Gasteiger charge is 2.32. The monoisotopic (exact) mass is 454 g/mol. The molecule has 0 aromatic heterocycles. The standard InChI is InChI=1S/C25H31FN4O3/c26-22-7-4-8-23(14-22)33-18-20-13-21(17-29(16-20)15-19-5-2-1-3-6-19)24(31)27-9-11-30-12-10-28-25(30)32/h1-8,14,20-21H,9-13,15-18H2,(H,27,31)(H,28,32)/t20-,21+/m0/s1. The van der Waals surface area contributed by atoms with Gasteiger partial charge in [0.25, 0.3) is 0 Å². The molecule has 2 heterocycles. The van der Waals surface area contributed by atoms with Crippen LogP contribution in [0.25, 0.3) is 0 Å². The second-order valence-corrected chi connectivity index (χ2v) is 8.76. The lowest BCUT2D eigenvalue weighted by atomic mass is 9.88. The fourth-order valence-electron chi connectivity index (χ4n) is 4.54. The number of nitrogens with one attached hydrogen (secondary N) is 2. The molecule has 2 N–H and O–H groups in total. The van der Waals surface area contributed by atoms with Crippen LogP contribution >= 0.6 is 0 Å². The van der Waals surface area contributed by atoms with Gasteiger partial charge in [-0.1, -0.05) is 36.4 Å². The van der Waals surface area contributed by atoms with E-state index in [4.69, 9.17) is 4.74 Å². The maximum atomic E-state index is 13.5. The number of hydrogen-bond donors (Lipinski definition) is 2. The van der Waals surface area contributed by atoms with Crippen LogP contribution in [0.2, 0.25) is 0 Å². The molecule has 2 aliphatic rings. The largest absolute Gasteiger partial charge is 0.493 e. The highest BCUT2D eigenvalue weighted by atomic mass is 19.1. The van der Waals surface area contributed by atoms with Crippen LogP contribution in [0.1, 0.15) is 12.0 Å². The van der Waals surface area contributed by atoms with Crippen LogP contribution < -0.4 is 15.4 Å². The summed E-state index contributed by atoms with van der Waals surface area (Å²) >= 11 is 0. The van der Waals surface area contributed by atoms with Crippen molar-refractivity contribution in [1.82, 2.24) is 20.4 Å². The number of carbonyl (C=O) groups excluding carboxylic acids is 2. The first-order valence-corrected chi connectivity index (χ1v) is 11.5. The van der Waals surface area contributed by atoms with E-state index in [0.717, 1.165) is 13.1 Å². The van der Waals surface area contributed by atoms with Crippen molar-refractivity contribution in [2.75, 3.05) is 45.9 Å². The Morgan fingerprint density at radius 2 is 2.00 bits per heavy atom. The van der Waals surface area contributed by atoms with Gasteiger partial charge in [0, 0.05) is 57.8 Å². The molecule has 2 saturated heterocycles. The topological polar surface area (TPSA) is 73.9 Å². The van der Waals surface area contributed by atoms with E-state index in [1.54, 1.807) is 17.0 Å². The number of likely N-dealkylation sites (tertiary alicyclic amines) is 1. The third-order valence-electron chi connectivity index (χ3n) is 6.14. The Morgan fingerprint density at radius 1 is 1.15 bits per heavy atom. The minimum Gasteiger partial charge on any atom is -0.493 e. The van der Waals surface area contributed by atoms with Crippen molar-refractivity contribution < 1.29 is 18.7 Å². The van der Waals surface area contributed by atoms with Gasteiger partial charge in [-0.15, -0.1) is 0 Å². The van der Waals surface area contributed by atoms with Crippen molar-refractivity contribution in [3.8, 4) is 5.75 Å². The molecule has 2 aliphatic heterocycles. The number of halogens is 1. The summed E-state index contributed by atoms with van der Waals surface area (Å²) in [6.07, 6.45) is 0.705. The summed E-state index contributed by atoms with van der Waals surface area (Å²) in [6, 6.07) is 16.3. The normalized spacial score (nSPS) is 21.0. The molecule has 8 heteroatoms. The van der Waals surface area contributed by atoms with Gasteiger partial charge in [-0.25, -0.2) is 9.18 Å². The fraction of sp³-hybridized carbons (Fsp3) is 0.440. The highest BCUT2D eigenvalue weighted by molar-refractivity contribution is 5.79. The fourth-order valence-corrected chi connectivity index (χ4v) is 4.54. The molecule has 0 saturated carbocycles. The molecule has 0 aliphatic carbocycles. The number of carbonyl (C=O) groups is 2. The summed E-state index contributed by atoms with van der Waals surface area (Å²) in [5.74, 6) is 0.149. The van der Waals surface area contributed by atoms with Crippen LogP contribution in [0.3, 0.4) is 0 Å². The average Bonchev–Trinajstić information content (AvgIpc) is 3.23. The Hall–Kier alpha value is -3.13. The predicted octanol–water partition coefficient (Wildman–Crippen LogP) is 2.48. The van der Waals surface area contributed by atoms with Crippen LogP contribution in [0.4, 0.5) is 9.18 Å². The van der Waals surface area contributed by atoms with Gasteiger partial charge in [-0.2, -0.15) is 0 Å². The number of hydrogen-bond acceptors (Lipinski definition) is 4. The summed E-state index contributed by atoms with van der Waals surface area (Å²) in [4.78, 5) is 28.6. The van der Waals surface area contributed by atoms with Crippen molar-refractivity contribution in [1.29, 1.82) is 0 Å². The molecule has 0 spiro atoms. The van der Waals surface area contributed by atoms with E-state index in [9.17, 15) is 14.0 Å². The molecule has 0 unspecified atom stereocenters. The molecule has 33 heavy (non-hydrogen) atoms. The Morgan fingerprint density at radius 3 is 2.76 bits per heavy atom. The van der Waals surface area contributed by atoms with Crippen LogP contribution in [-0.4, -0.2) is 67.6 Å². The van der Waals surface area contributed by atoms with Crippen molar-refractivity contribution in [2.24, 2.45) is 11.8 Å². The Balaban J connectivity index is 1.35. The average molecular weight is 455 g/mol. The van der Waals surface area contributed by atoms with Gasteiger partial charge in [0.05, 0.1) is 12.5 Å². The van der Waals surface area contributed by atoms with E-state index in [2.05, 4.69) is 27.7 Å². The second kappa shape index (κ2) is 11.1. The predicted molar refractivity (Wildman–Crippen MR) is 123 cm³/mol. The third-order valence-corrected chi connectivity index (χ3v) is 6.14. The zero-order valence-corrected chi connectivity index (χ0v) is 18.7. The molecule has 4 rings (SSSR count). The first-order valence-electron chi connectivity index (χ1n) is 11.5. The van der Waals surface area contributed by atoms with E-state index in [1.807, 2.05) is 18.2 Å². The van der Waals surface area contributed by atoms with Crippen LogP contribution in [0, 0.1) is 17.7 Å². The van der Waals surface area contributed by atoms with Gasteiger partial charge in [0.15, 0.2) is 0 Å². The van der Waals surface area contributed by atoms with Crippen molar-refractivity contribution >= 4 is 11.9 Å². The lowest BCUT2D eigenvalue weighted by molar-refractivity contribution is -0.127. The lowest BCUT2D eigenvalue weighted by Crippen LogP contribution is -2.48. The summed E-state index contributed by atoms with van der Waals surface area (Å²) in [6.45, 7) is 4.92. The number of benzene rings is 2. The highest BCUT2D eigenvalue weighted by Crippen LogP contribution is 2.25. The number of nitrogens with zero attached hydrogens (tertiary/aromatic N) is 2. The van der Waals surface area contributed by atoms with Gasteiger partial charge >= 0.3 is 6.03 Å². The molecule has 2 atom stereocenters. The number of rotatable bonds is 9. The van der Waals surface area contributed by atoms with Crippen molar-refractivity contribution in [3.63, 3.8) is 0 Å². The minimum atomic E-state index is -0.328. The zero-order valence-electron chi connectivity index (χ0n) is 18.7. The van der Waals surface area contributed by atoms with Gasteiger partial charge in [-0.3, -0.25) is 9.69 Å². The number of ether oxygens (including phenoxy) is 1. The third kappa shape index (κ3) is 6.68. The van der Waals surface area contributed by atoms with E-state index in [-0.39, 0.29) is 29.6 Å². The van der Waals surface area contributed by atoms with Crippen LogP contribution in [0.15, 0.2) is 54.6 Å². The second-order valence-electron chi connectivity index (χ2n) is 8.76. The number of amides is 3. The maximum absolute atomic E-state index is 13.5. The van der Waals surface area contributed by atoms with Gasteiger partial charge in [-0.05, 0) is 24.1 Å². The SMILES string of the molecule is O=C(NCCN1CCNC1=O)[C@@H]1C[C@H](COc2cccc(F)c2)CN(Cc2ccccc2)C1. The first-order chi connectivity index (χ1) is 16.1. The molecule has 7 nitrogen and oxygen atoms in total. The Labute approximate surface area is 193 Å². The van der Waals surface area contributed by atoms with Gasteiger partial charge in [0.1, 0.15) is 11.6 Å². The molecule has 176 valence electrons. The van der Waals surface area contributed by atoms with E-state index in [0.29, 0.717) is 51.5 Å². The van der Waals surface area contributed by atoms with Crippen LogP contribution in [0.5, 0.6) is 5.75 Å². The molecule has 0 bridgehead atoms. The zero-order chi connectivity index (χ0) is 23.0. The first kappa shape index (κ1) is 23.0. The number of piperidine rings is 1. The molecular weight excluding hydrogens is 423 g/mol. The van der Waals surface area contributed by atoms with Crippen molar-refractivity contribution in [2.45, 2.75) is 13.0 Å². The van der Waals surface area contributed by atoms with E-state index < -0.39 is 0 Å². The summed E-state index contributed by atoms with van der Waals surface area (Å²) in [7, 11) is 0. The molecule has 0 radical (unpaired) electrons. The molecular formula is C25H31FN4O3. The van der Waals surface area contributed by atoms with Gasteiger partial charge < -0.3 is 20.3 Å². The molecule has 2 aromatic carbocycles. The summed E-state index contributed by atoms with van der Waals surface area (Å²) < 4.78 is 19.4. The quantitative estimate of drug-likeness (QED) is 0.611. The minimum absolute atomic E-state index is 0.00289. The molecule has 2 aromatic rings. The maximum Gasteiger partial charge on any atom is 0.317 e. The summed E-state index contributed by atoms with van der Waals surface area (Å²) in [5, 5.41) is 5.78. The van der Waals surface area contributed by atoms with E-state index >= 15 is 0 Å². The lowest BCUT2D eigenvalue weighted by Gasteiger charge is -2.37. The Kier molecular flexibility index (Phi) is 7.78.